The van der Waals surface area contributed by atoms with Gasteiger partial charge in [0, 0.05) is 34.5 Å². The molecule has 9 rings (SSSR count). The largest absolute Gasteiger partial charge is 0.264 e. The first kappa shape index (κ1) is 29.0. The van der Waals surface area contributed by atoms with Crippen molar-refractivity contribution < 1.29 is 0 Å². The standard InChI is InChI=1S/C46H33N3/c1-46(2)40-19-9-8-17-39(40)44-38(18-10-20-41(44)46)36-25-26-37(35-16-7-6-15-34(35)36)43-28-42(48-45(49-43)32-12-4-3-5-13-32)31-23-21-30(22-24-31)33-14-11-27-47-29-33/h3-29H,1-2H3. The van der Waals surface area contributed by atoms with Crippen molar-refractivity contribution in [2.75, 3.05) is 0 Å². The summed E-state index contributed by atoms with van der Waals surface area (Å²) in [6.45, 7) is 4.68. The second-order valence-electron chi connectivity index (χ2n) is 13.3. The molecule has 3 heteroatoms. The number of aromatic nitrogens is 3. The van der Waals surface area contributed by atoms with Gasteiger partial charge < -0.3 is 0 Å². The van der Waals surface area contributed by atoms with Gasteiger partial charge in [-0.2, -0.15) is 0 Å². The number of nitrogens with zero attached hydrogens (tertiary/aromatic N) is 3. The molecule has 232 valence electrons. The van der Waals surface area contributed by atoms with Crippen LogP contribution in [0.4, 0.5) is 0 Å². The maximum Gasteiger partial charge on any atom is 0.160 e. The molecule has 8 aromatic rings. The molecule has 0 radical (unpaired) electrons. The van der Waals surface area contributed by atoms with Crippen molar-refractivity contribution in [1.82, 2.24) is 15.0 Å². The summed E-state index contributed by atoms with van der Waals surface area (Å²) in [5, 5.41) is 2.37. The Hall–Kier alpha value is -6.19. The fourth-order valence-corrected chi connectivity index (χ4v) is 7.55. The van der Waals surface area contributed by atoms with Crippen molar-refractivity contribution in [2.24, 2.45) is 0 Å². The van der Waals surface area contributed by atoms with E-state index < -0.39 is 0 Å². The summed E-state index contributed by atoms with van der Waals surface area (Å²) in [5.41, 5.74) is 15.0. The van der Waals surface area contributed by atoms with Crippen LogP contribution in [0.15, 0.2) is 164 Å². The maximum absolute atomic E-state index is 5.20. The Kier molecular flexibility index (Phi) is 6.80. The molecule has 6 aromatic carbocycles. The van der Waals surface area contributed by atoms with E-state index in [1.165, 1.54) is 44.2 Å². The summed E-state index contributed by atoms with van der Waals surface area (Å²) in [6.07, 6.45) is 3.69. The molecule has 0 aliphatic heterocycles. The first-order chi connectivity index (χ1) is 24.1. The van der Waals surface area contributed by atoms with Gasteiger partial charge in [-0.15, -0.1) is 0 Å². The monoisotopic (exact) mass is 627 g/mol. The van der Waals surface area contributed by atoms with Gasteiger partial charge >= 0.3 is 0 Å². The van der Waals surface area contributed by atoms with Crippen molar-refractivity contribution in [3.05, 3.63) is 175 Å². The fraction of sp³-hybridized carbons (Fsp3) is 0.0652. The molecule has 1 aliphatic carbocycles. The van der Waals surface area contributed by atoms with Gasteiger partial charge in [-0.1, -0.05) is 153 Å². The SMILES string of the molecule is CC1(C)c2ccccc2-c2c(-c3ccc(-c4cc(-c5ccc(-c6cccnc6)cc5)nc(-c5ccccc5)n4)c4ccccc34)cccc21. The molecule has 0 N–H and O–H groups in total. The second-order valence-corrected chi connectivity index (χ2v) is 13.3. The molecule has 2 aromatic heterocycles. The minimum atomic E-state index is -0.0565. The molecule has 1 aliphatic rings. The van der Waals surface area contributed by atoms with E-state index in [-0.39, 0.29) is 5.41 Å². The third-order valence-corrected chi connectivity index (χ3v) is 10.0. The summed E-state index contributed by atoms with van der Waals surface area (Å²) in [5.74, 6) is 0.706. The fourth-order valence-electron chi connectivity index (χ4n) is 7.55. The van der Waals surface area contributed by atoms with Crippen LogP contribution in [0.2, 0.25) is 0 Å². The van der Waals surface area contributed by atoms with Crippen LogP contribution in [-0.4, -0.2) is 15.0 Å². The van der Waals surface area contributed by atoms with E-state index in [4.69, 9.17) is 9.97 Å². The zero-order valence-electron chi connectivity index (χ0n) is 27.4. The van der Waals surface area contributed by atoms with E-state index in [1.807, 2.05) is 30.5 Å². The minimum Gasteiger partial charge on any atom is -0.264 e. The average Bonchev–Trinajstić information content (AvgIpc) is 3.41. The molecular weight excluding hydrogens is 595 g/mol. The van der Waals surface area contributed by atoms with E-state index in [1.54, 1.807) is 6.20 Å². The van der Waals surface area contributed by atoms with Crippen LogP contribution in [0.3, 0.4) is 0 Å². The van der Waals surface area contributed by atoms with Crippen molar-refractivity contribution >= 4 is 10.8 Å². The second kappa shape index (κ2) is 11.5. The zero-order chi connectivity index (χ0) is 33.0. The Bertz CT molecular complexity index is 2500. The molecule has 0 bridgehead atoms. The topological polar surface area (TPSA) is 38.7 Å². The summed E-state index contributed by atoms with van der Waals surface area (Å²) in [7, 11) is 0. The van der Waals surface area contributed by atoms with Crippen molar-refractivity contribution in [2.45, 2.75) is 19.3 Å². The van der Waals surface area contributed by atoms with Crippen LogP contribution in [0, 0.1) is 0 Å². The van der Waals surface area contributed by atoms with Crippen molar-refractivity contribution in [3.8, 4) is 67.3 Å². The smallest absolute Gasteiger partial charge is 0.160 e. The van der Waals surface area contributed by atoms with Gasteiger partial charge in [0.05, 0.1) is 11.4 Å². The first-order valence-electron chi connectivity index (χ1n) is 16.8. The molecule has 0 fully saturated rings. The Morgan fingerprint density at radius 1 is 0.429 bits per heavy atom. The lowest BCUT2D eigenvalue weighted by molar-refractivity contribution is 0.660. The highest BCUT2D eigenvalue weighted by Crippen LogP contribution is 2.52. The van der Waals surface area contributed by atoms with E-state index >= 15 is 0 Å². The number of pyridine rings is 1. The van der Waals surface area contributed by atoms with Crippen LogP contribution in [0.1, 0.15) is 25.0 Å². The minimum absolute atomic E-state index is 0.0565. The van der Waals surface area contributed by atoms with Crippen LogP contribution in [-0.2, 0) is 5.41 Å². The van der Waals surface area contributed by atoms with Crippen LogP contribution in [0.5, 0.6) is 0 Å². The maximum atomic E-state index is 5.20. The van der Waals surface area contributed by atoms with Gasteiger partial charge in [-0.05, 0) is 67.4 Å². The summed E-state index contributed by atoms with van der Waals surface area (Å²) in [4.78, 5) is 14.6. The van der Waals surface area contributed by atoms with Crippen LogP contribution < -0.4 is 0 Å². The van der Waals surface area contributed by atoms with E-state index in [9.17, 15) is 0 Å². The molecule has 0 saturated carbocycles. The molecule has 3 nitrogen and oxygen atoms in total. The van der Waals surface area contributed by atoms with Gasteiger partial charge in [0.1, 0.15) is 0 Å². The Morgan fingerprint density at radius 3 is 1.86 bits per heavy atom. The third-order valence-electron chi connectivity index (χ3n) is 10.0. The van der Waals surface area contributed by atoms with Gasteiger partial charge in [0.25, 0.3) is 0 Å². The molecular formula is C46H33N3. The highest BCUT2D eigenvalue weighted by Gasteiger charge is 2.36. The number of benzene rings is 6. The van der Waals surface area contributed by atoms with Gasteiger partial charge in [-0.3, -0.25) is 4.98 Å². The normalized spacial score (nSPS) is 12.9. The number of rotatable bonds is 5. The molecule has 0 saturated heterocycles. The quantitative estimate of drug-likeness (QED) is 0.191. The summed E-state index contributed by atoms with van der Waals surface area (Å²) >= 11 is 0. The number of fused-ring (bicyclic) bond motifs is 4. The van der Waals surface area contributed by atoms with Crippen LogP contribution in [0.25, 0.3) is 78.1 Å². The highest BCUT2D eigenvalue weighted by atomic mass is 14.9. The predicted molar refractivity (Wildman–Crippen MR) is 202 cm³/mol. The molecule has 0 amide bonds. The Morgan fingerprint density at radius 2 is 1.06 bits per heavy atom. The lowest BCUT2D eigenvalue weighted by atomic mass is 9.81. The van der Waals surface area contributed by atoms with E-state index in [0.717, 1.165) is 39.2 Å². The molecule has 2 heterocycles. The van der Waals surface area contributed by atoms with Crippen molar-refractivity contribution in [1.29, 1.82) is 0 Å². The Labute approximate surface area is 286 Å². The number of hydrogen-bond donors (Lipinski definition) is 0. The predicted octanol–water partition coefficient (Wildman–Crippen LogP) is 11.7. The number of hydrogen-bond acceptors (Lipinski definition) is 3. The van der Waals surface area contributed by atoms with Gasteiger partial charge in [-0.25, -0.2) is 9.97 Å². The molecule has 0 spiro atoms. The summed E-state index contributed by atoms with van der Waals surface area (Å²) < 4.78 is 0. The zero-order valence-corrected chi connectivity index (χ0v) is 27.4. The lowest BCUT2D eigenvalue weighted by Crippen LogP contribution is -2.14. The van der Waals surface area contributed by atoms with Crippen LogP contribution >= 0.6 is 0 Å². The van der Waals surface area contributed by atoms with E-state index in [2.05, 4.69) is 146 Å². The van der Waals surface area contributed by atoms with Gasteiger partial charge in [0.2, 0.25) is 0 Å². The highest BCUT2D eigenvalue weighted by molar-refractivity contribution is 6.08. The molecule has 0 atom stereocenters. The molecule has 49 heavy (non-hydrogen) atoms. The third kappa shape index (κ3) is 4.86. The molecule has 0 unspecified atom stereocenters. The average molecular weight is 628 g/mol. The summed E-state index contributed by atoms with van der Waals surface area (Å²) in [6, 6.07) is 53.9. The Balaban J connectivity index is 1.22. The lowest BCUT2D eigenvalue weighted by Gasteiger charge is -2.22. The first-order valence-corrected chi connectivity index (χ1v) is 16.8. The van der Waals surface area contributed by atoms with Gasteiger partial charge in [0.15, 0.2) is 5.82 Å². The van der Waals surface area contributed by atoms with Crippen molar-refractivity contribution in [3.63, 3.8) is 0 Å². The van der Waals surface area contributed by atoms with E-state index in [0.29, 0.717) is 5.82 Å².